The zero-order valence-electron chi connectivity index (χ0n) is 16.1. The van der Waals surface area contributed by atoms with Crippen LogP contribution >= 0.6 is 11.8 Å². The van der Waals surface area contributed by atoms with Crippen LogP contribution in [0.25, 0.3) is 0 Å². The van der Waals surface area contributed by atoms with E-state index in [1.807, 2.05) is 13.8 Å². The van der Waals surface area contributed by atoms with Gasteiger partial charge in [-0.15, -0.1) is 5.10 Å². The fourth-order valence-corrected chi connectivity index (χ4v) is 4.83. The van der Waals surface area contributed by atoms with Gasteiger partial charge in [-0.1, -0.05) is 11.8 Å². The number of nitrogens with one attached hydrogen (secondary N) is 2. The second-order valence-electron chi connectivity index (χ2n) is 7.28. The molecule has 2 aliphatic heterocycles. The summed E-state index contributed by atoms with van der Waals surface area (Å²) >= 11 is 1.59. The van der Waals surface area contributed by atoms with E-state index in [9.17, 15) is 4.79 Å². The van der Waals surface area contributed by atoms with E-state index in [1.165, 1.54) is 6.33 Å². The smallest absolute Gasteiger partial charge is 0.344 e. The second kappa shape index (κ2) is 8.00. The number of nitrogens with zero attached hydrogens (tertiary/aromatic N) is 5. The fraction of sp³-hybridized carbons (Fsp3) is 0.647. The number of thioether (sulfide) groups is 1. The Morgan fingerprint density at radius 2 is 2.25 bits per heavy atom. The molecule has 0 saturated carbocycles. The van der Waals surface area contributed by atoms with Crippen molar-refractivity contribution in [3.05, 3.63) is 16.8 Å². The Hall–Kier alpha value is -2.27. The molecule has 2 atom stereocenters. The maximum atomic E-state index is 11.8. The van der Waals surface area contributed by atoms with Gasteiger partial charge in [0, 0.05) is 24.9 Å². The topological polar surface area (TPSA) is 127 Å². The lowest BCUT2D eigenvalue weighted by Crippen LogP contribution is -2.43. The molecule has 2 aliphatic rings. The lowest BCUT2D eigenvalue weighted by atomic mass is 10.2. The highest BCUT2D eigenvalue weighted by Crippen LogP contribution is 2.35. The Morgan fingerprint density at radius 1 is 1.39 bits per heavy atom. The standard InChI is InChI=1S/C17H26N8O2S/c1-10(2)25-16(26)22-23-17(25)28-8-5-11-3-4-12(27-11)24-7-6-19-13-14(18)20-9-21-15(13)24/h9-12,19H,3-8H2,1-2H3,(H,22,26)(H2,18,20,21). The Kier molecular flexibility index (Phi) is 5.44. The van der Waals surface area contributed by atoms with Gasteiger partial charge >= 0.3 is 5.69 Å². The average molecular weight is 407 g/mol. The minimum Gasteiger partial charge on any atom is -0.382 e. The molecule has 2 aromatic rings. The third-order valence-electron chi connectivity index (χ3n) is 5.08. The molecule has 0 radical (unpaired) electrons. The van der Waals surface area contributed by atoms with Crippen LogP contribution in [-0.2, 0) is 4.74 Å². The van der Waals surface area contributed by atoms with Crippen molar-refractivity contribution in [1.29, 1.82) is 0 Å². The number of nitrogen functional groups attached to an aromatic ring is 1. The van der Waals surface area contributed by atoms with Crippen molar-refractivity contribution in [2.75, 3.05) is 34.8 Å². The van der Waals surface area contributed by atoms with Gasteiger partial charge in [0.1, 0.15) is 18.2 Å². The van der Waals surface area contributed by atoms with Gasteiger partial charge in [0.25, 0.3) is 0 Å². The van der Waals surface area contributed by atoms with Gasteiger partial charge in [0.15, 0.2) is 16.8 Å². The summed E-state index contributed by atoms with van der Waals surface area (Å²) < 4.78 is 7.99. The number of H-pyrrole nitrogens is 1. The van der Waals surface area contributed by atoms with E-state index in [4.69, 9.17) is 10.5 Å². The Bertz CT molecular complexity index is 882. The van der Waals surface area contributed by atoms with Gasteiger partial charge in [-0.3, -0.25) is 4.57 Å². The minimum atomic E-state index is -0.159. The van der Waals surface area contributed by atoms with Crippen LogP contribution in [0.15, 0.2) is 16.3 Å². The number of aromatic amines is 1. The van der Waals surface area contributed by atoms with Crippen molar-refractivity contribution in [2.45, 2.75) is 56.6 Å². The predicted molar refractivity (Wildman–Crippen MR) is 109 cm³/mol. The number of aromatic nitrogens is 5. The Balaban J connectivity index is 1.34. The van der Waals surface area contributed by atoms with Crippen LogP contribution in [0, 0.1) is 0 Å². The Labute approximate surface area is 167 Å². The van der Waals surface area contributed by atoms with Crippen LogP contribution in [-0.4, -0.2) is 55.9 Å². The predicted octanol–water partition coefficient (Wildman–Crippen LogP) is 1.44. The van der Waals surface area contributed by atoms with Crippen molar-refractivity contribution < 1.29 is 4.74 Å². The molecule has 4 N–H and O–H groups in total. The molecular formula is C17H26N8O2S. The highest BCUT2D eigenvalue weighted by Gasteiger charge is 2.33. The molecule has 4 rings (SSSR count). The highest BCUT2D eigenvalue weighted by molar-refractivity contribution is 7.99. The van der Waals surface area contributed by atoms with Crippen molar-refractivity contribution >= 4 is 29.1 Å². The van der Waals surface area contributed by atoms with Gasteiger partial charge in [-0.25, -0.2) is 19.9 Å². The fourth-order valence-electron chi connectivity index (χ4n) is 3.72. The summed E-state index contributed by atoms with van der Waals surface area (Å²) in [4.78, 5) is 22.5. The molecule has 2 aromatic heterocycles. The third kappa shape index (κ3) is 3.68. The maximum absolute atomic E-state index is 11.8. The molecule has 1 fully saturated rings. The maximum Gasteiger partial charge on any atom is 0.344 e. The minimum absolute atomic E-state index is 0.00405. The molecule has 10 nitrogen and oxygen atoms in total. The second-order valence-corrected chi connectivity index (χ2v) is 8.34. The van der Waals surface area contributed by atoms with E-state index in [-0.39, 0.29) is 24.1 Å². The van der Waals surface area contributed by atoms with Crippen molar-refractivity contribution in [1.82, 2.24) is 24.7 Å². The van der Waals surface area contributed by atoms with Gasteiger partial charge in [-0.05, 0) is 33.1 Å². The Morgan fingerprint density at radius 3 is 3.07 bits per heavy atom. The monoisotopic (exact) mass is 406 g/mol. The van der Waals surface area contributed by atoms with E-state index in [0.29, 0.717) is 5.82 Å². The van der Waals surface area contributed by atoms with Crippen LogP contribution in [0.4, 0.5) is 17.3 Å². The lowest BCUT2D eigenvalue weighted by molar-refractivity contribution is 0.0418. The zero-order valence-corrected chi connectivity index (χ0v) is 16.9. The number of anilines is 3. The first-order chi connectivity index (χ1) is 13.5. The summed E-state index contributed by atoms with van der Waals surface area (Å²) in [5.74, 6) is 2.13. The van der Waals surface area contributed by atoms with Gasteiger partial charge < -0.3 is 20.7 Å². The van der Waals surface area contributed by atoms with Crippen molar-refractivity contribution in [3.8, 4) is 0 Å². The van der Waals surface area contributed by atoms with E-state index in [0.717, 1.165) is 54.8 Å². The molecule has 0 amide bonds. The van der Waals surface area contributed by atoms with Crippen LogP contribution in [0.3, 0.4) is 0 Å². The number of fused-ring (bicyclic) bond motifs is 1. The first-order valence-corrected chi connectivity index (χ1v) is 10.6. The van der Waals surface area contributed by atoms with Gasteiger partial charge in [0.2, 0.25) is 0 Å². The summed E-state index contributed by atoms with van der Waals surface area (Å²) in [6.07, 6.45) is 4.55. The van der Waals surface area contributed by atoms with E-state index < -0.39 is 0 Å². The van der Waals surface area contributed by atoms with Crippen LogP contribution in [0.2, 0.25) is 0 Å². The number of ether oxygens (including phenoxy) is 1. The molecule has 1 saturated heterocycles. The normalized spacial score (nSPS) is 21.8. The summed E-state index contributed by atoms with van der Waals surface area (Å²) in [5, 5.41) is 10.7. The molecule has 2 unspecified atom stereocenters. The van der Waals surface area contributed by atoms with Crippen molar-refractivity contribution in [3.63, 3.8) is 0 Å². The molecule has 0 aliphatic carbocycles. The van der Waals surface area contributed by atoms with Crippen molar-refractivity contribution in [2.24, 2.45) is 0 Å². The molecule has 0 spiro atoms. The van der Waals surface area contributed by atoms with Gasteiger partial charge in [0.05, 0.1) is 6.10 Å². The quantitative estimate of drug-likeness (QED) is 0.611. The largest absolute Gasteiger partial charge is 0.382 e. The SMILES string of the molecule is CC(C)n1c(SCCC2CCC(N3CCNc4c(N)ncnc43)O2)n[nH]c1=O. The highest BCUT2D eigenvalue weighted by atomic mass is 32.2. The number of hydrogen-bond acceptors (Lipinski definition) is 9. The third-order valence-corrected chi connectivity index (χ3v) is 6.06. The first-order valence-electron chi connectivity index (χ1n) is 9.60. The zero-order chi connectivity index (χ0) is 19.7. The average Bonchev–Trinajstić information content (AvgIpc) is 3.28. The summed E-state index contributed by atoms with van der Waals surface area (Å²) in [6, 6.07) is 0.0862. The van der Waals surface area contributed by atoms with Crippen LogP contribution in [0.1, 0.15) is 39.2 Å². The van der Waals surface area contributed by atoms with E-state index in [1.54, 1.807) is 16.3 Å². The van der Waals surface area contributed by atoms with Gasteiger partial charge in [-0.2, -0.15) is 0 Å². The summed E-state index contributed by atoms with van der Waals surface area (Å²) in [5.41, 5.74) is 6.60. The first kappa shape index (κ1) is 19.1. The van der Waals surface area contributed by atoms with Crippen LogP contribution in [0.5, 0.6) is 0 Å². The van der Waals surface area contributed by atoms with E-state index in [2.05, 4.69) is 30.4 Å². The molecule has 4 heterocycles. The molecular weight excluding hydrogens is 380 g/mol. The number of hydrogen-bond donors (Lipinski definition) is 3. The number of rotatable bonds is 6. The lowest BCUT2D eigenvalue weighted by Gasteiger charge is -2.35. The summed E-state index contributed by atoms with van der Waals surface area (Å²) in [7, 11) is 0. The molecule has 0 aromatic carbocycles. The molecule has 0 bridgehead atoms. The van der Waals surface area contributed by atoms with Crippen LogP contribution < -0.4 is 21.6 Å². The summed E-state index contributed by atoms with van der Waals surface area (Å²) in [6.45, 7) is 5.57. The molecule has 152 valence electrons. The number of nitrogens with two attached hydrogens (primary N) is 1. The molecule has 28 heavy (non-hydrogen) atoms. The van der Waals surface area contributed by atoms with E-state index >= 15 is 0 Å². The molecule has 11 heteroatoms.